The van der Waals surface area contributed by atoms with Crippen molar-refractivity contribution in [1.82, 2.24) is 10.3 Å². The van der Waals surface area contributed by atoms with Gasteiger partial charge in [0, 0.05) is 41.5 Å². The first-order valence-electron chi connectivity index (χ1n) is 10.5. The third-order valence-corrected chi connectivity index (χ3v) is 6.04. The highest BCUT2D eigenvalue weighted by Gasteiger charge is 2.28. The van der Waals surface area contributed by atoms with Crippen LogP contribution in [0, 0.1) is 11.8 Å². The summed E-state index contributed by atoms with van der Waals surface area (Å²) in [6.07, 6.45) is 1.95. The van der Waals surface area contributed by atoms with Crippen molar-refractivity contribution in [3.8, 4) is 23.0 Å². The van der Waals surface area contributed by atoms with Gasteiger partial charge in [-0.15, -0.1) is 0 Å². The molecule has 0 spiro atoms. The van der Waals surface area contributed by atoms with Gasteiger partial charge in [0.15, 0.2) is 0 Å². The highest BCUT2D eigenvalue weighted by molar-refractivity contribution is 6.32. The van der Waals surface area contributed by atoms with Crippen LogP contribution >= 0.6 is 11.6 Å². The minimum Gasteiger partial charge on any atom is -0.449 e. The average molecular weight is 441 g/mol. The fourth-order valence-electron chi connectivity index (χ4n) is 4.20. The molecular formula is C27H21ClN2O2. The van der Waals surface area contributed by atoms with Crippen LogP contribution in [0.15, 0.2) is 72.9 Å². The van der Waals surface area contributed by atoms with E-state index in [9.17, 15) is 4.79 Å². The molecule has 5 heteroatoms. The van der Waals surface area contributed by atoms with E-state index in [-0.39, 0.29) is 5.92 Å². The Morgan fingerprint density at radius 1 is 1.03 bits per heavy atom. The van der Waals surface area contributed by atoms with E-state index >= 15 is 0 Å². The van der Waals surface area contributed by atoms with Gasteiger partial charge < -0.3 is 15.0 Å². The third-order valence-electron chi connectivity index (χ3n) is 5.73. The number of aromatic amines is 1. The number of benzene rings is 3. The number of hydrogen-bond donors (Lipinski definition) is 2. The minimum atomic E-state index is -0.430. The van der Waals surface area contributed by atoms with Crippen LogP contribution in [0.1, 0.15) is 29.0 Å². The van der Waals surface area contributed by atoms with Crippen molar-refractivity contribution in [2.24, 2.45) is 0 Å². The standard InChI is InChI=1S/C27H21ClN2O2/c28-25-16-26-19(12-14-29-26)15-18(25)7-5-6-13-30-27(31)32-17-24-22-10-3-1-8-20(22)21-9-2-4-11-23(21)24/h1-4,8-12,14-16,24,29H,6,13,17H2,(H,30,31). The van der Waals surface area contributed by atoms with E-state index in [0.717, 1.165) is 16.5 Å². The van der Waals surface area contributed by atoms with Crippen molar-refractivity contribution in [2.75, 3.05) is 13.2 Å². The van der Waals surface area contributed by atoms with Crippen molar-refractivity contribution < 1.29 is 9.53 Å². The number of carbonyl (C=O) groups is 1. The lowest BCUT2D eigenvalue weighted by atomic mass is 9.98. The molecule has 3 aromatic carbocycles. The average Bonchev–Trinajstić information content (AvgIpc) is 3.39. The fourth-order valence-corrected chi connectivity index (χ4v) is 4.42. The zero-order chi connectivity index (χ0) is 21.9. The highest BCUT2D eigenvalue weighted by atomic mass is 35.5. The summed E-state index contributed by atoms with van der Waals surface area (Å²) in [6.45, 7) is 0.714. The summed E-state index contributed by atoms with van der Waals surface area (Å²) in [5.41, 5.74) is 6.58. The number of halogens is 1. The molecule has 0 unspecified atom stereocenters. The molecule has 0 aliphatic heterocycles. The van der Waals surface area contributed by atoms with E-state index in [1.807, 2.05) is 48.7 Å². The Kier molecular flexibility index (Phi) is 5.58. The number of amides is 1. The zero-order valence-corrected chi connectivity index (χ0v) is 18.1. The third kappa shape index (κ3) is 3.95. The number of carbonyl (C=O) groups excluding carboxylic acids is 1. The number of nitrogens with one attached hydrogen (secondary N) is 2. The van der Waals surface area contributed by atoms with E-state index in [1.165, 1.54) is 22.3 Å². The molecule has 1 aliphatic rings. The predicted molar refractivity (Wildman–Crippen MR) is 128 cm³/mol. The van der Waals surface area contributed by atoms with E-state index in [4.69, 9.17) is 16.3 Å². The molecule has 32 heavy (non-hydrogen) atoms. The Labute approximate surface area is 191 Å². The van der Waals surface area contributed by atoms with Crippen molar-refractivity contribution >= 4 is 28.6 Å². The Morgan fingerprint density at radius 2 is 1.75 bits per heavy atom. The molecule has 2 N–H and O–H groups in total. The van der Waals surface area contributed by atoms with Crippen LogP contribution in [-0.4, -0.2) is 24.2 Å². The Bertz CT molecular complexity index is 1320. The molecule has 0 atom stereocenters. The molecule has 4 aromatic rings. The van der Waals surface area contributed by atoms with Gasteiger partial charge in [-0.1, -0.05) is 72.0 Å². The van der Waals surface area contributed by atoms with Crippen molar-refractivity contribution in [3.05, 3.63) is 94.6 Å². The minimum absolute atomic E-state index is 0.0541. The summed E-state index contributed by atoms with van der Waals surface area (Å²) >= 11 is 6.29. The fraction of sp³-hybridized carbons (Fsp3) is 0.148. The van der Waals surface area contributed by atoms with Gasteiger partial charge in [0.1, 0.15) is 6.61 Å². The molecule has 0 saturated heterocycles. The van der Waals surface area contributed by atoms with Crippen LogP contribution in [-0.2, 0) is 4.74 Å². The molecule has 4 nitrogen and oxygen atoms in total. The maximum Gasteiger partial charge on any atom is 0.407 e. The molecule has 1 aromatic heterocycles. The second-order valence-electron chi connectivity index (χ2n) is 7.70. The van der Waals surface area contributed by atoms with Crippen LogP contribution in [0.5, 0.6) is 0 Å². The summed E-state index contributed by atoms with van der Waals surface area (Å²) in [4.78, 5) is 15.3. The normalized spacial score (nSPS) is 12.0. The number of aromatic nitrogens is 1. The molecule has 1 amide bonds. The number of ether oxygens (including phenoxy) is 1. The van der Waals surface area contributed by atoms with E-state index < -0.39 is 6.09 Å². The van der Waals surface area contributed by atoms with E-state index in [2.05, 4.69) is 46.4 Å². The van der Waals surface area contributed by atoms with Gasteiger partial charge in [0.25, 0.3) is 0 Å². The summed E-state index contributed by atoms with van der Waals surface area (Å²) in [7, 11) is 0. The number of rotatable bonds is 4. The first kappa shape index (κ1) is 20.2. The number of fused-ring (bicyclic) bond motifs is 4. The summed E-state index contributed by atoms with van der Waals surface area (Å²) in [5.74, 6) is 6.20. The smallest absolute Gasteiger partial charge is 0.407 e. The van der Waals surface area contributed by atoms with Crippen LogP contribution < -0.4 is 5.32 Å². The molecule has 0 radical (unpaired) electrons. The lowest BCUT2D eigenvalue weighted by Gasteiger charge is -2.14. The van der Waals surface area contributed by atoms with Gasteiger partial charge in [0.05, 0.1) is 5.02 Å². The molecule has 0 bridgehead atoms. The van der Waals surface area contributed by atoms with Crippen LogP contribution in [0.3, 0.4) is 0 Å². The molecule has 158 valence electrons. The van der Waals surface area contributed by atoms with Gasteiger partial charge in [-0.05, 0) is 40.5 Å². The second-order valence-corrected chi connectivity index (χ2v) is 8.11. The van der Waals surface area contributed by atoms with Gasteiger partial charge in [0.2, 0.25) is 0 Å². The van der Waals surface area contributed by atoms with Crippen LogP contribution in [0.4, 0.5) is 4.79 Å². The molecule has 1 aliphatic carbocycles. The van der Waals surface area contributed by atoms with E-state index in [0.29, 0.717) is 24.6 Å². The van der Waals surface area contributed by atoms with Crippen molar-refractivity contribution in [3.63, 3.8) is 0 Å². The Balaban J connectivity index is 1.15. The predicted octanol–water partition coefficient (Wildman–Crippen LogP) is 6.10. The summed E-state index contributed by atoms with van der Waals surface area (Å²) < 4.78 is 5.54. The number of H-pyrrole nitrogens is 1. The Hall–Kier alpha value is -3.68. The maximum atomic E-state index is 12.2. The molecule has 0 saturated carbocycles. The molecule has 1 heterocycles. The Morgan fingerprint density at radius 3 is 2.50 bits per heavy atom. The largest absolute Gasteiger partial charge is 0.449 e. The first-order chi connectivity index (χ1) is 15.7. The zero-order valence-electron chi connectivity index (χ0n) is 17.3. The topological polar surface area (TPSA) is 54.1 Å². The quantitative estimate of drug-likeness (QED) is 0.297. The first-order valence-corrected chi connectivity index (χ1v) is 10.9. The summed E-state index contributed by atoms with van der Waals surface area (Å²) in [5, 5.41) is 4.45. The molecule has 0 fully saturated rings. The highest BCUT2D eigenvalue weighted by Crippen LogP contribution is 2.44. The number of alkyl carbamates (subject to hydrolysis) is 1. The second kappa shape index (κ2) is 8.82. The monoisotopic (exact) mass is 440 g/mol. The summed E-state index contributed by atoms with van der Waals surface area (Å²) in [6, 6.07) is 22.4. The maximum absolute atomic E-state index is 12.2. The van der Waals surface area contributed by atoms with E-state index in [1.54, 1.807) is 0 Å². The SMILES string of the molecule is O=C(NCCC#Cc1cc2cc[nH]c2cc1Cl)OCC1c2ccccc2-c2ccccc21. The lowest BCUT2D eigenvalue weighted by Crippen LogP contribution is -2.26. The molecular weight excluding hydrogens is 420 g/mol. The van der Waals surface area contributed by atoms with Gasteiger partial charge in [-0.2, -0.15) is 0 Å². The lowest BCUT2D eigenvalue weighted by molar-refractivity contribution is 0.143. The van der Waals surface area contributed by atoms with Crippen LogP contribution in [0.25, 0.3) is 22.0 Å². The van der Waals surface area contributed by atoms with Crippen molar-refractivity contribution in [2.45, 2.75) is 12.3 Å². The van der Waals surface area contributed by atoms with Gasteiger partial charge in [-0.3, -0.25) is 0 Å². The van der Waals surface area contributed by atoms with Gasteiger partial charge >= 0.3 is 6.09 Å². The number of hydrogen-bond acceptors (Lipinski definition) is 2. The molecule has 5 rings (SSSR count). The van der Waals surface area contributed by atoms with Crippen LogP contribution in [0.2, 0.25) is 5.02 Å². The van der Waals surface area contributed by atoms with Gasteiger partial charge in [-0.25, -0.2) is 4.79 Å². The van der Waals surface area contributed by atoms with Crippen molar-refractivity contribution in [1.29, 1.82) is 0 Å².